The van der Waals surface area contributed by atoms with Crippen LogP contribution in [0.15, 0.2) is 22.6 Å². The molecule has 0 saturated carbocycles. The van der Waals surface area contributed by atoms with Crippen LogP contribution in [0.2, 0.25) is 0 Å². The zero-order valence-electron chi connectivity index (χ0n) is 8.44. The number of rotatable bonds is 1. The van der Waals surface area contributed by atoms with E-state index >= 15 is 0 Å². The molecule has 4 nitrogen and oxygen atoms in total. The molecule has 0 radical (unpaired) electrons. The minimum Gasteiger partial charge on any atom is -0.453 e. The van der Waals surface area contributed by atoms with Crippen LogP contribution in [0.4, 0.5) is 0 Å². The van der Waals surface area contributed by atoms with Crippen molar-refractivity contribution in [3.8, 4) is 12.1 Å². The molecule has 0 bridgehead atoms. The number of carbonyl (C=O) groups is 1. The maximum Gasteiger partial charge on any atom is 0.194 e. The SMILES string of the molecule is CC(=O)c1cc2cc(C#N)c(C#N)cc2o1. The molecule has 16 heavy (non-hydrogen) atoms. The summed E-state index contributed by atoms with van der Waals surface area (Å²) in [6, 6.07) is 8.42. The van der Waals surface area contributed by atoms with Gasteiger partial charge in [-0.25, -0.2) is 0 Å². The molecule has 0 atom stereocenters. The van der Waals surface area contributed by atoms with Crippen molar-refractivity contribution in [2.24, 2.45) is 0 Å². The van der Waals surface area contributed by atoms with E-state index in [0.717, 1.165) is 0 Å². The molecule has 1 heterocycles. The van der Waals surface area contributed by atoms with Crippen LogP contribution < -0.4 is 0 Å². The van der Waals surface area contributed by atoms with Gasteiger partial charge in [0.15, 0.2) is 11.5 Å². The summed E-state index contributed by atoms with van der Waals surface area (Å²) in [5.41, 5.74) is 0.978. The second-order valence-corrected chi connectivity index (χ2v) is 3.33. The van der Waals surface area contributed by atoms with Gasteiger partial charge in [0.25, 0.3) is 0 Å². The number of nitriles is 2. The number of hydrogen-bond donors (Lipinski definition) is 0. The minimum atomic E-state index is -0.187. The molecule has 0 amide bonds. The Labute approximate surface area is 91.3 Å². The molecule has 0 spiro atoms. The molecule has 0 aliphatic rings. The lowest BCUT2D eigenvalue weighted by atomic mass is 10.1. The third-order valence-corrected chi connectivity index (χ3v) is 2.24. The van der Waals surface area contributed by atoms with Crippen LogP contribution in [-0.2, 0) is 0 Å². The predicted octanol–water partition coefficient (Wildman–Crippen LogP) is 2.38. The molecular weight excluding hydrogens is 204 g/mol. The minimum absolute atomic E-state index is 0.187. The van der Waals surface area contributed by atoms with E-state index in [1.165, 1.54) is 13.0 Å². The quantitative estimate of drug-likeness (QED) is 0.677. The van der Waals surface area contributed by atoms with E-state index in [0.29, 0.717) is 11.0 Å². The largest absolute Gasteiger partial charge is 0.453 e. The van der Waals surface area contributed by atoms with Crippen LogP contribution >= 0.6 is 0 Å². The topological polar surface area (TPSA) is 77.8 Å². The van der Waals surface area contributed by atoms with E-state index in [1.807, 2.05) is 12.1 Å². The highest BCUT2D eigenvalue weighted by Crippen LogP contribution is 2.23. The summed E-state index contributed by atoms with van der Waals surface area (Å²) < 4.78 is 5.26. The van der Waals surface area contributed by atoms with Gasteiger partial charge in [0.2, 0.25) is 0 Å². The molecule has 2 aromatic rings. The van der Waals surface area contributed by atoms with Crippen LogP contribution in [0, 0.1) is 22.7 Å². The van der Waals surface area contributed by atoms with Crippen LogP contribution in [0.25, 0.3) is 11.0 Å². The summed E-state index contributed by atoms with van der Waals surface area (Å²) >= 11 is 0. The molecule has 4 heteroatoms. The number of carbonyl (C=O) groups excluding carboxylic acids is 1. The lowest BCUT2D eigenvalue weighted by molar-refractivity contribution is 0.0989. The summed E-state index contributed by atoms with van der Waals surface area (Å²) in [7, 11) is 0. The Morgan fingerprint density at radius 1 is 1.19 bits per heavy atom. The number of furan rings is 1. The van der Waals surface area contributed by atoms with Gasteiger partial charge in [-0.3, -0.25) is 4.79 Å². The van der Waals surface area contributed by atoms with Crippen molar-refractivity contribution >= 4 is 16.8 Å². The summed E-state index contributed by atoms with van der Waals surface area (Å²) in [6.45, 7) is 1.40. The monoisotopic (exact) mass is 210 g/mol. The second-order valence-electron chi connectivity index (χ2n) is 3.33. The van der Waals surface area contributed by atoms with Gasteiger partial charge in [-0.15, -0.1) is 0 Å². The number of ketones is 1. The van der Waals surface area contributed by atoms with E-state index in [-0.39, 0.29) is 22.7 Å². The summed E-state index contributed by atoms with van der Waals surface area (Å²) in [5.74, 6) is 0.0437. The molecule has 0 N–H and O–H groups in total. The molecule has 0 fully saturated rings. The summed E-state index contributed by atoms with van der Waals surface area (Å²) in [4.78, 5) is 11.1. The van der Waals surface area contributed by atoms with Gasteiger partial charge < -0.3 is 4.42 Å². The number of Topliss-reactive ketones (excluding diaryl/α,β-unsaturated/α-hetero) is 1. The van der Waals surface area contributed by atoms with Gasteiger partial charge in [0.05, 0.1) is 11.1 Å². The van der Waals surface area contributed by atoms with Crippen LogP contribution in [0.1, 0.15) is 28.6 Å². The van der Waals surface area contributed by atoms with Gasteiger partial charge in [0.1, 0.15) is 17.7 Å². The van der Waals surface area contributed by atoms with Crippen LogP contribution in [0.5, 0.6) is 0 Å². The highest BCUT2D eigenvalue weighted by molar-refractivity contribution is 5.96. The van der Waals surface area contributed by atoms with Crippen molar-refractivity contribution in [1.82, 2.24) is 0 Å². The first-order valence-electron chi connectivity index (χ1n) is 4.54. The smallest absolute Gasteiger partial charge is 0.194 e. The summed E-state index contributed by atoms with van der Waals surface area (Å²) in [6.07, 6.45) is 0. The van der Waals surface area contributed by atoms with E-state index in [4.69, 9.17) is 14.9 Å². The number of benzene rings is 1. The first-order chi connectivity index (χ1) is 7.65. The molecule has 0 saturated heterocycles. The zero-order chi connectivity index (χ0) is 11.7. The van der Waals surface area contributed by atoms with Gasteiger partial charge in [-0.05, 0) is 12.1 Å². The van der Waals surface area contributed by atoms with E-state index in [9.17, 15) is 4.79 Å². The van der Waals surface area contributed by atoms with Crippen molar-refractivity contribution in [1.29, 1.82) is 10.5 Å². The first kappa shape index (κ1) is 9.95. The van der Waals surface area contributed by atoms with Crippen molar-refractivity contribution in [2.45, 2.75) is 6.92 Å². The van der Waals surface area contributed by atoms with Crippen LogP contribution in [-0.4, -0.2) is 5.78 Å². The van der Waals surface area contributed by atoms with Gasteiger partial charge >= 0.3 is 0 Å². The predicted molar refractivity (Wildman–Crippen MR) is 55.6 cm³/mol. The van der Waals surface area contributed by atoms with E-state index < -0.39 is 0 Å². The average molecular weight is 210 g/mol. The number of nitrogens with zero attached hydrogens (tertiary/aromatic N) is 2. The van der Waals surface area contributed by atoms with Gasteiger partial charge in [0, 0.05) is 18.4 Å². The Kier molecular flexibility index (Phi) is 2.19. The average Bonchev–Trinajstić information content (AvgIpc) is 2.69. The number of fused-ring (bicyclic) bond motifs is 1. The third-order valence-electron chi connectivity index (χ3n) is 2.24. The zero-order valence-corrected chi connectivity index (χ0v) is 8.44. The maximum absolute atomic E-state index is 11.1. The third kappa shape index (κ3) is 1.43. The second kappa shape index (κ2) is 3.52. The fourth-order valence-corrected chi connectivity index (χ4v) is 1.45. The Morgan fingerprint density at radius 2 is 1.81 bits per heavy atom. The van der Waals surface area contributed by atoms with Crippen molar-refractivity contribution < 1.29 is 9.21 Å². The van der Waals surface area contributed by atoms with E-state index in [2.05, 4.69) is 0 Å². The lowest BCUT2D eigenvalue weighted by Crippen LogP contribution is -1.85. The van der Waals surface area contributed by atoms with Crippen molar-refractivity contribution in [3.05, 3.63) is 35.1 Å². The van der Waals surface area contributed by atoms with E-state index in [1.54, 1.807) is 12.1 Å². The standard InChI is InChI=1S/C12H6N2O2/c1-7(15)11-3-8-2-9(5-13)10(6-14)4-12(8)16-11/h2-4H,1H3. The lowest BCUT2D eigenvalue weighted by Gasteiger charge is -1.92. The molecule has 0 aliphatic heterocycles. The molecule has 1 aromatic carbocycles. The fourth-order valence-electron chi connectivity index (χ4n) is 1.45. The summed E-state index contributed by atoms with van der Waals surface area (Å²) in [5, 5.41) is 18.3. The molecule has 76 valence electrons. The highest BCUT2D eigenvalue weighted by atomic mass is 16.3. The first-order valence-corrected chi connectivity index (χ1v) is 4.54. The molecule has 2 rings (SSSR count). The maximum atomic E-state index is 11.1. The molecule has 0 aliphatic carbocycles. The normalized spacial score (nSPS) is 9.69. The molecule has 0 unspecified atom stereocenters. The van der Waals surface area contributed by atoms with Crippen molar-refractivity contribution in [3.63, 3.8) is 0 Å². The van der Waals surface area contributed by atoms with Crippen molar-refractivity contribution in [2.75, 3.05) is 0 Å². The Balaban J connectivity index is 2.76. The molecular formula is C12H6N2O2. The Hall–Kier alpha value is -2.59. The fraction of sp³-hybridized carbons (Fsp3) is 0.0833. The Morgan fingerprint density at radius 3 is 2.38 bits per heavy atom. The highest BCUT2D eigenvalue weighted by Gasteiger charge is 2.11. The molecule has 1 aromatic heterocycles. The van der Waals surface area contributed by atoms with Gasteiger partial charge in [-0.2, -0.15) is 10.5 Å². The van der Waals surface area contributed by atoms with Gasteiger partial charge in [-0.1, -0.05) is 0 Å². The Bertz CT molecular complexity index is 618. The van der Waals surface area contributed by atoms with Crippen LogP contribution in [0.3, 0.4) is 0 Å². The number of hydrogen-bond acceptors (Lipinski definition) is 4.